The number of aromatic nitrogens is 9. The largest absolute Gasteiger partial charge is 0.495 e. The average molecular weight is 1870 g/mol. The van der Waals surface area contributed by atoms with E-state index in [1.54, 1.807) is 98.4 Å². The number of anilines is 13. The van der Waals surface area contributed by atoms with E-state index < -0.39 is 21.4 Å². The van der Waals surface area contributed by atoms with Gasteiger partial charge in [-0.3, -0.25) is 15.0 Å². The standard InChI is InChI=1S/C35H45ClN7O2P.C31H32ClN6O3P.C30H31ClN7O3P/c1-24-19-29(31(45-4)20-30(24)43-15-13-35(14-16-43)22-42(23-35)18-17-41(2)3)39-34-37-21-27(36)33(40-34)38-28-12-11-25-9-7-8-10-26(25)32(28)46(5,6)44;1-40-28-13-11-23(41-16-15-34-19-21-7-6-14-33-18-21)17-27(28)37-31-35-20-25(32)30(38-31)36-26-12-10-22-8-4-5-9-24(22)29(26)42(2,3)39;1-40-27-11-9-22(41-15-14-33-18-21-17-32-12-13-34-21)16-26(27)37-30-35-19-24(31)29(38-30)36-25-10-8-20-6-4-5-7-23(20)28(25)42(2,3)39/h7-12,19-21H,13-18,22-23H2,1-6H3,(H2,37,38,39,40);4-14,17-18,20,34H,15-16,19H2,1-3H3,(H2,35,36,37,38);4-13,16-17,19,33H,14-15,18H2,1-3H3,(H2,35,36,37,38). The van der Waals surface area contributed by atoms with Crippen molar-refractivity contribution in [1.29, 1.82) is 0 Å². The van der Waals surface area contributed by atoms with E-state index >= 15 is 0 Å². The topological polar surface area (TPSA) is 319 Å². The smallest absolute Gasteiger partial charge is 0.229 e. The third-order valence-electron chi connectivity index (χ3n) is 22.1. The first-order valence-corrected chi connectivity index (χ1v) is 51.4. The van der Waals surface area contributed by atoms with E-state index in [0.717, 1.165) is 103 Å². The first kappa shape index (κ1) is 94.3. The molecule has 676 valence electrons. The summed E-state index contributed by atoms with van der Waals surface area (Å²) in [6.07, 6.45) is 15.6. The Morgan fingerprint density at radius 2 is 0.877 bits per heavy atom. The number of halogens is 3. The van der Waals surface area contributed by atoms with Crippen molar-refractivity contribution in [3.8, 4) is 28.7 Å². The molecule has 0 radical (unpaired) electrons. The maximum Gasteiger partial charge on any atom is 0.229 e. The van der Waals surface area contributed by atoms with E-state index in [0.29, 0.717) is 147 Å². The van der Waals surface area contributed by atoms with Crippen molar-refractivity contribution in [2.24, 2.45) is 5.41 Å². The van der Waals surface area contributed by atoms with Crippen molar-refractivity contribution >= 4 is 180 Å². The van der Waals surface area contributed by atoms with Gasteiger partial charge in [0, 0.05) is 136 Å². The molecule has 130 heavy (non-hydrogen) atoms. The predicted octanol–water partition coefficient (Wildman–Crippen LogP) is 19.4. The molecular formula is C96H108Cl3N20O8P3. The molecule has 28 nitrogen and oxygen atoms in total. The summed E-state index contributed by atoms with van der Waals surface area (Å²) in [5.74, 6) is 5.37. The van der Waals surface area contributed by atoms with Crippen LogP contribution in [0.2, 0.25) is 15.1 Å². The van der Waals surface area contributed by atoms with E-state index in [-0.39, 0.29) is 0 Å². The molecule has 5 aromatic heterocycles. The number of piperidine rings is 1. The van der Waals surface area contributed by atoms with Gasteiger partial charge in [0.05, 0.1) is 79.7 Å². The molecule has 9 aromatic carbocycles. The summed E-state index contributed by atoms with van der Waals surface area (Å²) in [5.41, 5.74) is 8.90. The summed E-state index contributed by atoms with van der Waals surface area (Å²) in [6, 6.07) is 54.5. The van der Waals surface area contributed by atoms with Crippen molar-refractivity contribution in [1.82, 2.24) is 65.3 Å². The van der Waals surface area contributed by atoms with Gasteiger partial charge in [-0.2, -0.15) is 15.0 Å². The molecule has 1 spiro atoms. The van der Waals surface area contributed by atoms with E-state index in [1.165, 1.54) is 44.0 Å². The Morgan fingerprint density at radius 3 is 1.28 bits per heavy atom. The molecule has 2 aliphatic rings. The summed E-state index contributed by atoms with van der Waals surface area (Å²) in [5, 5.41) is 35.4. The van der Waals surface area contributed by atoms with Crippen LogP contribution in [0.1, 0.15) is 29.7 Å². The second-order valence-electron chi connectivity index (χ2n) is 33.2. The third kappa shape index (κ3) is 24.3. The SMILES string of the molecule is COc1cc(N2CCC3(CC2)CN(CCN(C)C)C3)c(C)cc1Nc1ncc(Cl)c(Nc2ccc3ccccc3c2P(C)(C)=O)n1.COc1ccc(OCCNCc2cccnc2)cc1Nc1ncc(Cl)c(Nc2ccc3ccccc3c2P(C)(C)=O)n1.COc1ccc(OCCNCc2cnccn2)cc1Nc1ncc(Cl)c(Nc2ccc3ccccc3c2P(C)(C)=O)n1. The van der Waals surface area contributed by atoms with Gasteiger partial charge in [0.15, 0.2) is 17.5 Å². The van der Waals surface area contributed by atoms with Crippen LogP contribution in [0.4, 0.5) is 75.1 Å². The number of methoxy groups -OCH3 is 3. The van der Waals surface area contributed by atoms with Crippen LogP contribution in [0.25, 0.3) is 32.3 Å². The quantitative estimate of drug-likeness (QED) is 0.0137. The van der Waals surface area contributed by atoms with Crippen molar-refractivity contribution in [3.63, 3.8) is 0 Å². The zero-order valence-corrected chi connectivity index (χ0v) is 79.7. The molecule has 0 atom stereocenters. The number of pyridine rings is 1. The Hall–Kier alpha value is -11.8. The molecule has 2 aliphatic heterocycles. The number of rotatable bonds is 34. The number of nitrogens with zero attached hydrogens (tertiary/aromatic N) is 12. The summed E-state index contributed by atoms with van der Waals surface area (Å²) in [6.45, 7) is 23.1. The molecular weight excluding hydrogens is 1760 g/mol. The third-order valence-corrected chi connectivity index (χ3v) is 27.6. The van der Waals surface area contributed by atoms with Crippen molar-refractivity contribution in [3.05, 3.63) is 251 Å². The van der Waals surface area contributed by atoms with Crippen LogP contribution in [-0.2, 0) is 26.8 Å². The monoisotopic (exact) mass is 1870 g/mol. The second kappa shape index (κ2) is 42.9. The Kier molecular flexibility index (Phi) is 31.1. The van der Waals surface area contributed by atoms with E-state index in [1.807, 2.05) is 158 Å². The van der Waals surface area contributed by atoms with Gasteiger partial charge in [0.2, 0.25) is 17.8 Å². The number of ether oxygens (including phenoxy) is 5. The zero-order chi connectivity index (χ0) is 91.7. The lowest BCUT2D eigenvalue weighted by Gasteiger charge is -2.54. The fourth-order valence-corrected chi connectivity index (χ4v) is 20.8. The summed E-state index contributed by atoms with van der Waals surface area (Å²) < 4.78 is 69.0. The van der Waals surface area contributed by atoms with Gasteiger partial charge >= 0.3 is 0 Å². The van der Waals surface area contributed by atoms with Crippen molar-refractivity contribution < 1.29 is 37.4 Å². The normalized spacial score (nSPS) is 13.2. The van der Waals surface area contributed by atoms with Crippen LogP contribution in [0, 0.1) is 12.3 Å². The van der Waals surface area contributed by atoms with Crippen LogP contribution in [0.3, 0.4) is 0 Å². The number of fused-ring (bicyclic) bond motifs is 3. The number of likely N-dealkylation sites (N-methyl/N-ethyl adjacent to an activating group) is 1. The van der Waals surface area contributed by atoms with Gasteiger partial charge in [-0.25, -0.2) is 15.0 Å². The minimum absolute atomic E-state index is 0.293. The molecule has 0 aliphatic carbocycles. The lowest BCUT2D eigenvalue weighted by Crippen LogP contribution is -2.61. The highest BCUT2D eigenvalue weighted by molar-refractivity contribution is 7.71. The zero-order valence-electron chi connectivity index (χ0n) is 74.8. The highest BCUT2D eigenvalue weighted by atomic mass is 35.5. The Labute approximate surface area is 773 Å². The van der Waals surface area contributed by atoms with Gasteiger partial charge in [-0.05, 0) is 177 Å². The van der Waals surface area contributed by atoms with E-state index in [4.69, 9.17) is 63.5 Å². The van der Waals surface area contributed by atoms with Crippen molar-refractivity contribution in [2.45, 2.75) is 32.9 Å². The predicted molar refractivity (Wildman–Crippen MR) is 533 cm³/mol. The Bertz CT molecular complexity index is 6210. The van der Waals surface area contributed by atoms with Crippen LogP contribution < -0.4 is 87.0 Å². The second-order valence-corrected chi connectivity index (χ2v) is 43.9. The van der Waals surface area contributed by atoms with Crippen molar-refractivity contribution in [2.75, 3.05) is 178 Å². The highest BCUT2D eigenvalue weighted by Crippen LogP contribution is 2.48. The van der Waals surface area contributed by atoms with Gasteiger partial charge in [-0.1, -0.05) is 132 Å². The summed E-state index contributed by atoms with van der Waals surface area (Å²) >= 11 is 19.6. The van der Waals surface area contributed by atoms with E-state index in [9.17, 15) is 13.7 Å². The van der Waals surface area contributed by atoms with Gasteiger partial charge < -0.3 is 94.6 Å². The van der Waals surface area contributed by atoms with Gasteiger partial charge in [-0.15, -0.1) is 0 Å². The van der Waals surface area contributed by atoms with Gasteiger partial charge in [0.25, 0.3) is 0 Å². The first-order valence-electron chi connectivity index (χ1n) is 42.5. The summed E-state index contributed by atoms with van der Waals surface area (Å²) in [4.78, 5) is 46.9. The number of nitrogens with one attached hydrogen (secondary N) is 8. The lowest BCUT2D eigenvalue weighted by molar-refractivity contribution is -0.0207. The number of benzene rings is 9. The fraction of sp³-hybridized carbons (Fsp3) is 0.281. The molecule has 34 heteroatoms. The van der Waals surface area contributed by atoms with Gasteiger partial charge in [0.1, 0.15) is 78.5 Å². The highest BCUT2D eigenvalue weighted by Gasteiger charge is 2.45. The molecule has 14 aromatic rings. The molecule has 0 unspecified atom stereocenters. The maximum absolute atomic E-state index is 13.4. The Balaban J connectivity index is 0.000000158. The van der Waals surface area contributed by atoms with Crippen LogP contribution in [0.5, 0.6) is 28.7 Å². The molecule has 2 fully saturated rings. The molecule has 0 amide bonds. The summed E-state index contributed by atoms with van der Waals surface area (Å²) in [7, 11) is 1.15. The average Bonchev–Trinajstić information content (AvgIpc) is 0.741. The fourth-order valence-electron chi connectivity index (χ4n) is 15.9. The molecule has 16 rings (SSSR count). The molecule has 0 bridgehead atoms. The minimum Gasteiger partial charge on any atom is -0.495 e. The molecule has 8 N–H and O–H groups in total. The first-order chi connectivity index (χ1) is 62.6. The lowest BCUT2D eigenvalue weighted by atomic mass is 9.72. The van der Waals surface area contributed by atoms with Crippen LogP contribution >= 0.6 is 56.2 Å². The Morgan fingerprint density at radius 1 is 0.446 bits per heavy atom. The molecule has 7 heterocycles. The molecule has 2 saturated heterocycles. The van der Waals surface area contributed by atoms with E-state index in [2.05, 4.69) is 130 Å². The number of hydrogen-bond acceptors (Lipinski definition) is 28. The number of aryl methyl sites for hydroxylation is 1. The number of hydrogen-bond donors (Lipinski definition) is 8. The van der Waals surface area contributed by atoms with Crippen LogP contribution in [-0.4, -0.2) is 196 Å². The maximum atomic E-state index is 13.4. The minimum atomic E-state index is -2.67. The number of likely N-dealkylation sites (tertiary alicyclic amines) is 1. The molecule has 0 saturated carbocycles. The van der Waals surface area contributed by atoms with Crippen LogP contribution in [0.15, 0.2) is 219 Å².